The monoisotopic (exact) mass is 819 g/mol. The summed E-state index contributed by atoms with van der Waals surface area (Å²) in [6.07, 6.45) is 5.74. The Hall–Kier alpha value is -4.08. The van der Waals surface area contributed by atoms with Gasteiger partial charge in [-0.2, -0.15) is 13.5 Å². The van der Waals surface area contributed by atoms with E-state index in [1.54, 1.807) is 12.1 Å². The molecular weight excluding hydrogens is 782 g/mol. The van der Waals surface area contributed by atoms with Gasteiger partial charge in [0.1, 0.15) is 32.9 Å². The van der Waals surface area contributed by atoms with Gasteiger partial charge >= 0.3 is 18.6 Å². The molecule has 10 nitrogen and oxygen atoms in total. The predicted octanol–water partition coefficient (Wildman–Crippen LogP) is 7.76. The van der Waals surface area contributed by atoms with Crippen molar-refractivity contribution in [2.75, 3.05) is 26.2 Å². The van der Waals surface area contributed by atoms with E-state index in [2.05, 4.69) is 10.2 Å². The number of fused-ring (bicyclic) bond motifs is 3. The number of carboxylic acid groups (broad SMARTS) is 1. The van der Waals surface area contributed by atoms with E-state index >= 15 is 0 Å². The van der Waals surface area contributed by atoms with E-state index in [4.69, 9.17) is 37.4 Å². The van der Waals surface area contributed by atoms with Crippen molar-refractivity contribution in [1.82, 2.24) is 10.2 Å². The highest BCUT2D eigenvalue weighted by Crippen LogP contribution is 2.42. The molecule has 4 aromatic rings. The number of nitrogens with one attached hydrogen (secondary N) is 1. The number of thiophene rings is 1. The lowest BCUT2D eigenvalue weighted by atomic mass is 9.85. The van der Waals surface area contributed by atoms with Gasteiger partial charge in [-0.15, -0.1) is 11.3 Å². The van der Waals surface area contributed by atoms with Crippen LogP contribution in [0.25, 0.3) is 0 Å². The second-order valence-electron chi connectivity index (χ2n) is 14.2. The standard InChI is InChI=1S/C39H38Cl2F3N3O7S/c40-30-17-47(51)18-31(41)29(30)15-27(23-6-7-32(54-39(43)44)33(13-23)52-20-21-4-5-21)28-14-26(55-36(28)37(48)49)16-45-35(24-2-1-3-25(42)12-24)38(50)53-34-19-46-10-8-22(34)9-11-46/h1-3,6-7,12-14,17-18,21-22,27,34-35,39,45H,4-5,8-11,15-16,19-20H2,(H,48,49)/t27-,34-,35?/m0/s1. The Balaban J connectivity index is 1.22. The molecule has 2 aromatic heterocycles. The van der Waals surface area contributed by atoms with E-state index in [-0.39, 0.29) is 63.9 Å². The van der Waals surface area contributed by atoms with Crippen LogP contribution in [0.2, 0.25) is 10.0 Å². The number of piperidine rings is 3. The molecule has 1 saturated carbocycles. The van der Waals surface area contributed by atoms with E-state index in [0.717, 1.165) is 62.5 Å². The van der Waals surface area contributed by atoms with Crippen LogP contribution < -0.4 is 19.5 Å². The summed E-state index contributed by atoms with van der Waals surface area (Å²) in [7, 11) is 0. The number of hydrogen-bond donors (Lipinski definition) is 2. The zero-order chi connectivity index (χ0) is 38.8. The molecule has 1 aliphatic carbocycles. The van der Waals surface area contributed by atoms with Crippen LogP contribution in [0.4, 0.5) is 13.2 Å². The number of nitrogens with zero attached hydrogens (tertiary/aromatic N) is 2. The Morgan fingerprint density at radius 3 is 2.40 bits per heavy atom. The molecule has 2 bridgehead atoms. The van der Waals surface area contributed by atoms with Crippen molar-refractivity contribution in [2.24, 2.45) is 11.8 Å². The molecule has 1 unspecified atom stereocenters. The van der Waals surface area contributed by atoms with E-state index in [1.165, 1.54) is 36.4 Å². The van der Waals surface area contributed by atoms with Gasteiger partial charge in [-0.3, -0.25) is 10.2 Å². The molecule has 2 N–H and O–H groups in total. The minimum absolute atomic E-state index is 0.00805. The molecule has 4 aliphatic rings. The third-order valence-corrected chi connectivity index (χ3v) is 12.2. The highest BCUT2D eigenvalue weighted by Gasteiger charge is 2.38. The maximum absolute atomic E-state index is 14.5. The number of carbonyl (C=O) groups excluding carboxylic acids is 1. The highest BCUT2D eigenvalue weighted by atomic mass is 35.5. The summed E-state index contributed by atoms with van der Waals surface area (Å²) in [5.41, 5.74) is 1.54. The topological polar surface area (TPSA) is 124 Å². The number of aromatic nitrogens is 1. The van der Waals surface area contributed by atoms with E-state index < -0.39 is 36.3 Å². The van der Waals surface area contributed by atoms with Gasteiger partial charge in [0, 0.05) is 29.4 Å². The van der Waals surface area contributed by atoms with Crippen LogP contribution in [0.15, 0.2) is 60.9 Å². The van der Waals surface area contributed by atoms with Gasteiger partial charge in [0.05, 0.1) is 6.61 Å². The lowest BCUT2D eigenvalue weighted by Gasteiger charge is -2.44. The number of carbonyl (C=O) groups is 2. The van der Waals surface area contributed by atoms with Crippen molar-refractivity contribution >= 4 is 46.5 Å². The number of halogens is 5. The number of benzene rings is 2. The lowest BCUT2D eigenvalue weighted by Crippen LogP contribution is -2.52. The van der Waals surface area contributed by atoms with Gasteiger partial charge in [-0.05, 0) is 104 Å². The van der Waals surface area contributed by atoms with Crippen LogP contribution >= 0.6 is 34.5 Å². The third-order valence-electron chi connectivity index (χ3n) is 10.4. The number of esters is 1. The zero-order valence-corrected chi connectivity index (χ0v) is 31.7. The maximum atomic E-state index is 14.5. The van der Waals surface area contributed by atoms with Crippen LogP contribution in [0.1, 0.15) is 74.4 Å². The lowest BCUT2D eigenvalue weighted by molar-refractivity contribution is -0.605. The van der Waals surface area contributed by atoms with Crippen molar-refractivity contribution in [2.45, 2.75) is 63.3 Å². The molecule has 0 radical (unpaired) electrons. The number of ether oxygens (including phenoxy) is 3. The summed E-state index contributed by atoms with van der Waals surface area (Å²) in [5.74, 6) is -2.70. The number of rotatable bonds is 16. The average molecular weight is 821 g/mol. The fourth-order valence-electron chi connectivity index (χ4n) is 7.34. The first-order chi connectivity index (χ1) is 26.4. The minimum atomic E-state index is -3.11. The fraction of sp³-hybridized carbons (Fsp3) is 0.410. The Labute approximate surface area is 329 Å². The largest absolute Gasteiger partial charge is 0.619 e. The molecule has 292 valence electrons. The van der Waals surface area contributed by atoms with Crippen LogP contribution in [0.3, 0.4) is 0 Å². The van der Waals surface area contributed by atoms with Crippen LogP contribution in [0, 0.1) is 22.9 Å². The average Bonchev–Trinajstić information content (AvgIpc) is 3.88. The van der Waals surface area contributed by atoms with Crippen molar-refractivity contribution in [3.8, 4) is 11.5 Å². The first-order valence-corrected chi connectivity index (χ1v) is 19.5. The highest BCUT2D eigenvalue weighted by molar-refractivity contribution is 7.14. The number of pyridine rings is 1. The normalized spacial score (nSPS) is 20.3. The molecule has 3 saturated heterocycles. The quantitative estimate of drug-likeness (QED) is 0.0664. The molecule has 2 aromatic carbocycles. The van der Waals surface area contributed by atoms with E-state index in [9.17, 15) is 33.1 Å². The zero-order valence-electron chi connectivity index (χ0n) is 29.4. The number of aromatic carboxylic acids is 1. The molecule has 55 heavy (non-hydrogen) atoms. The van der Waals surface area contributed by atoms with Crippen molar-refractivity contribution in [1.29, 1.82) is 0 Å². The predicted molar refractivity (Wildman–Crippen MR) is 199 cm³/mol. The molecule has 16 heteroatoms. The van der Waals surface area contributed by atoms with Gasteiger partial charge in [0.25, 0.3) is 0 Å². The summed E-state index contributed by atoms with van der Waals surface area (Å²) in [5, 5.41) is 25.9. The Bertz CT molecular complexity index is 2020. The Kier molecular flexibility index (Phi) is 12.1. The van der Waals surface area contributed by atoms with Gasteiger partial charge < -0.3 is 24.5 Å². The molecule has 8 rings (SSSR count). The SMILES string of the molecule is O=C(O)c1sc(CNC(C(=O)O[C@H]2CN3CCC2CC3)c2cccc(F)c2)cc1[C@@H](Cc1c(Cl)c[n+]([O-])cc1Cl)c1ccc(OC(F)F)c(OCC2CC2)c1. The van der Waals surface area contributed by atoms with Crippen LogP contribution in [-0.4, -0.2) is 60.9 Å². The summed E-state index contributed by atoms with van der Waals surface area (Å²) in [6.45, 7) is -0.259. The summed E-state index contributed by atoms with van der Waals surface area (Å²) < 4.78 is 58.4. The van der Waals surface area contributed by atoms with Crippen molar-refractivity contribution in [3.05, 3.63) is 114 Å². The van der Waals surface area contributed by atoms with E-state index in [1.807, 2.05) is 0 Å². The second kappa shape index (κ2) is 17.0. The number of hydrogen-bond acceptors (Lipinski definition) is 9. The molecule has 3 atom stereocenters. The number of carboxylic acids is 1. The summed E-state index contributed by atoms with van der Waals surface area (Å²) in [4.78, 5) is 29.4. The Morgan fingerprint density at radius 2 is 1.76 bits per heavy atom. The second-order valence-corrected chi connectivity index (χ2v) is 16.1. The van der Waals surface area contributed by atoms with Gasteiger partial charge in [0.15, 0.2) is 23.9 Å². The maximum Gasteiger partial charge on any atom is 0.387 e. The summed E-state index contributed by atoms with van der Waals surface area (Å²) >= 11 is 14.0. The number of alkyl halides is 2. The van der Waals surface area contributed by atoms with Gasteiger partial charge in [-0.1, -0.05) is 41.4 Å². The molecule has 5 heterocycles. The Morgan fingerprint density at radius 1 is 1.02 bits per heavy atom. The molecule has 0 amide bonds. The summed E-state index contributed by atoms with van der Waals surface area (Å²) in [6, 6.07) is 10.7. The fourth-order valence-corrected chi connectivity index (χ4v) is 8.94. The minimum Gasteiger partial charge on any atom is -0.619 e. The third kappa shape index (κ3) is 9.49. The van der Waals surface area contributed by atoms with Gasteiger partial charge in [0.2, 0.25) is 0 Å². The smallest absolute Gasteiger partial charge is 0.387 e. The first kappa shape index (κ1) is 39.2. The molecule has 4 fully saturated rings. The molecular formula is C39H38Cl2F3N3O7S. The first-order valence-electron chi connectivity index (χ1n) is 18.0. The molecule has 3 aliphatic heterocycles. The van der Waals surface area contributed by atoms with Crippen molar-refractivity contribution in [3.63, 3.8) is 0 Å². The van der Waals surface area contributed by atoms with Gasteiger partial charge in [-0.25, -0.2) is 14.0 Å². The van der Waals surface area contributed by atoms with E-state index in [0.29, 0.717) is 38.4 Å². The van der Waals surface area contributed by atoms with Crippen molar-refractivity contribution < 1.29 is 46.8 Å². The molecule has 0 spiro atoms. The van der Waals surface area contributed by atoms with Crippen LogP contribution in [-0.2, 0) is 22.5 Å². The van der Waals surface area contributed by atoms with Crippen LogP contribution in [0.5, 0.6) is 11.5 Å².